The summed E-state index contributed by atoms with van der Waals surface area (Å²) in [6.45, 7) is 2.07. The first kappa shape index (κ1) is 16.1. The van der Waals surface area contributed by atoms with E-state index in [2.05, 4.69) is 42.6 Å². The van der Waals surface area contributed by atoms with E-state index in [1.165, 1.54) is 41.5 Å². The van der Waals surface area contributed by atoms with Gasteiger partial charge in [-0.1, -0.05) is 48.5 Å². The molecule has 120 valence electrons. The fraction of sp³-hybridized carbons (Fsp3) is 0.350. The molecule has 1 amide bonds. The SMILES string of the molecule is CC(NC(=O)CSCc1ccccc1)c1ccc2c(c1)CCC2. The van der Waals surface area contributed by atoms with Crippen LogP contribution < -0.4 is 5.32 Å². The standard InChI is InChI=1S/C20H23NOS/c1-15(18-11-10-17-8-5-9-19(17)12-18)21-20(22)14-23-13-16-6-3-2-4-7-16/h2-4,6-7,10-12,15H,5,8-9,13-14H2,1H3,(H,21,22). The van der Waals surface area contributed by atoms with E-state index in [1.54, 1.807) is 11.8 Å². The number of hydrogen-bond donors (Lipinski definition) is 1. The summed E-state index contributed by atoms with van der Waals surface area (Å²) >= 11 is 1.66. The van der Waals surface area contributed by atoms with E-state index < -0.39 is 0 Å². The maximum atomic E-state index is 12.1. The van der Waals surface area contributed by atoms with Crippen LogP contribution in [0, 0.1) is 0 Å². The normalized spacial score (nSPS) is 14.3. The van der Waals surface area contributed by atoms with Gasteiger partial charge >= 0.3 is 0 Å². The number of nitrogens with one attached hydrogen (secondary N) is 1. The topological polar surface area (TPSA) is 29.1 Å². The van der Waals surface area contributed by atoms with Crippen LogP contribution in [0.4, 0.5) is 0 Å². The predicted molar refractivity (Wildman–Crippen MR) is 97.6 cm³/mol. The van der Waals surface area contributed by atoms with Crippen LogP contribution in [-0.2, 0) is 23.4 Å². The van der Waals surface area contributed by atoms with E-state index in [0.29, 0.717) is 5.75 Å². The Bertz CT molecular complexity index is 669. The Labute approximate surface area is 142 Å². The van der Waals surface area contributed by atoms with Crippen LogP contribution in [0.1, 0.15) is 41.6 Å². The first-order valence-corrected chi connectivity index (χ1v) is 9.40. The third-order valence-corrected chi connectivity index (χ3v) is 5.35. The Morgan fingerprint density at radius 2 is 1.91 bits per heavy atom. The van der Waals surface area contributed by atoms with Crippen molar-refractivity contribution in [1.29, 1.82) is 0 Å². The number of aryl methyl sites for hydroxylation is 2. The van der Waals surface area contributed by atoms with Gasteiger partial charge in [-0.05, 0) is 48.4 Å². The van der Waals surface area contributed by atoms with Crippen LogP contribution in [0.15, 0.2) is 48.5 Å². The second kappa shape index (κ2) is 7.69. The minimum Gasteiger partial charge on any atom is -0.349 e. The van der Waals surface area contributed by atoms with E-state index >= 15 is 0 Å². The minimum absolute atomic E-state index is 0.0747. The van der Waals surface area contributed by atoms with Gasteiger partial charge in [0.1, 0.15) is 0 Å². The molecule has 1 aliphatic rings. The smallest absolute Gasteiger partial charge is 0.230 e. The zero-order chi connectivity index (χ0) is 16.1. The summed E-state index contributed by atoms with van der Waals surface area (Å²) < 4.78 is 0. The molecule has 1 atom stereocenters. The van der Waals surface area contributed by atoms with Crippen LogP contribution in [-0.4, -0.2) is 11.7 Å². The molecule has 2 aromatic carbocycles. The number of carbonyl (C=O) groups excluding carboxylic acids is 1. The number of thioether (sulfide) groups is 1. The Balaban J connectivity index is 1.47. The fourth-order valence-electron chi connectivity index (χ4n) is 3.06. The second-order valence-electron chi connectivity index (χ2n) is 6.15. The van der Waals surface area contributed by atoms with Gasteiger partial charge in [0.25, 0.3) is 0 Å². The van der Waals surface area contributed by atoms with Gasteiger partial charge in [-0.2, -0.15) is 0 Å². The second-order valence-corrected chi connectivity index (χ2v) is 7.13. The summed E-state index contributed by atoms with van der Waals surface area (Å²) in [4.78, 5) is 12.1. The highest BCUT2D eigenvalue weighted by molar-refractivity contribution is 7.99. The van der Waals surface area contributed by atoms with Gasteiger partial charge in [0.05, 0.1) is 11.8 Å². The first-order chi connectivity index (χ1) is 11.2. The van der Waals surface area contributed by atoms with E-state index in [9.17, 15) is 4.79 Å². The number of amides is 1. The molecular weight excluding hydrogens is 302 g/mol. The molecule has 2 nitrogen and oxygen atoms in total. The Kier molecular flexibility index (Phi) is 5.39. The van der Waals surface area contributed by atoms with Gasteiger partial charge in [0.2, 0.25) is 5.91 Å². The van der Waals surface area contributed by atoms with Gasteiger partial charge in [0, 0.05) is 5.75 Å². The van der Waals surface area contributed by atoms with Crippen molar-refractivity contribution < 1.29 is 4.79 Å². The van der Waals surface area contributed by atoms with Crippen molar-refractivity contribution in [1.82, 2.24) is 5.32 Å². The molecule has 1 aliphatic carbocycles. The van der Waals surface area contributed by atoms with Gasteiger partial charge in [-0.3, -0.25) is 4.79 Å². The Morgan fingerprint density at radius 1 is 1.13 bits per heavy atom. The lowest BCUT2D eigenvalue weighted by atomic mass is 10.0. The molecule has 0 aliphatic heterocycles. The predicted octanol–water partition coefficient (Wildman–Crippen LogP) is 4.29. The van der Waals surface area contributed by atoms with Crippen molar-refractivity contribution in [2.45, 2.75) is 38.0 Å². The van der Waals surface area contributed by atoms with Crippen LogP contribution in [0.25, 0.3) is 0 Å². The van der Waals surface area contributed by atoms with Crippen LogP contribution in [0.5, 0.6) is 0 Å². The van der Waals surface area contributed by atoms with Crippen LogP contribution >= 0.6 is 11.8 Å². The van der Waals surface area contributed by atoms with Crippen molar-refractivity contribution in [3.8, 4) is 0 Å². The highest BCUT2D eigenvalue weighted by atomic mass is 32.2. The van der Waals surface area contributed by atoms with E-state index in [0.717, 1.165) is 5.75 Å². The van der Waals surface area contributed by atoms with Crippen LogP contribution in [0.3, 0.4) is 0 Å². The molecule has 3 rings (SSSR count). The number of hydrogen-bond acceptors (Lipinski definition) is 2. The molecular formula is C20H23NOS. The molecule has 2 aromatic rings. The molecule has 0 heterocycles. The molecule has 0 fully saturated rings. The zero-order valence-electron chi connectivity index (χ0n) is 13.5. The maximum Gasteiger partial charge on any atom is 0.230 e. The van der Waals surface area contributed by atoms with Gasteiger partial charge in [-0.15, -0.1) is 11.8 Å². The third kappa shape index (κ3) is 4.38. The molecule has 3 heteroatoms. The number of benzene rings is 2. The monoisotopic (exact) mass is 325 g/mol. The van der Waals surface area contributed by atoms with Gasteiger partial charge in [0.15, 0.2) is 0 Å². The number of carbonyl (C=O) groups is 1. The van der Waals surface area contributed by atoms with Crippen molar-refractivity contribution in [2.24, 2.45) is 0 Å². The Morgan fingerprint density at radius 3 is 2.74 bits per heavy atom. The third-order valence-electron chi connectivity index (χ3n) is 4.34. The van der Waals surface area contributed by atoms with Gasteiger partial charge in [-0.25, -0.2) is 0 Å². The van der Waals surface area contributed by atoms with Crippen molar-refractivity contribution in [3.63, 3.8) is 0 Å². The number of fused-ring (bicyclic) bond motifs is 1. The summed E-state index contributed by atoms with van der Waals surface area (Å²) in [6.07, 6.45) is 3.64. The van der Waals surface area contributed by atoms with Crippen LogP contribution in [0.2, 0.25) is 0 Å². The fourth-order valence-corrected chi connectivity index (χ4v) is 3.86. The van der Waals surface area contributed by atoms with Crippen molar-refractivity contribution in [2.75, 3.05) is 5.75 Å². The van der Waals surface area contributed by atoms with Gasteiger partial charge < -0.3 is 5.32 Å². The summed E-state index contributed by atoms with van der Waals surface area (Å²) in [5, 5.41) is 3.11. The zero-order valence-corrected chi connectivity index (χ0v) is 14.4. The molecule has 1 unspecified atom stereocenters. The molecule has 0 spiro atoms. The van der Waals surface area contributed by atoms with E-state index in [4.69, 9.17) is 0 Å². The summed E-state index contributed by atoms with van der Waals surface area (Å²) in [7, 11) is 0. The van der Waals surface area contributed by atoms with E-state index in [1.807, 2.05) is 18.2 Å². The first-order valence-electron chi connectivity index (χ1n) is 8.25. The molecule has 0 saturated carbocycles. The molecule has 1 N–H and O–H groups in total. The quantitative estimate of drug-likeness (QED) is 0.858. The summed E-state index contributed by atoms with van der Waals surface area (Å²) in [5.74, 6) is 1.49. The van der Waals surface area contributed by atoms with Crippen molar-refractivity contribution >= 4 is 17.7 Å². The lowest BCUT2D eigenvalue weighted by Gasteiger charge is -2.15. The number of rotatable bonds is 6. The lowest BCUT2D eigenvalue weighted by Crippen LogP contribution is -2.28. The average molecular weight is 325 g/mol. The lowest BCUT2D eigenvalue weighted by molar-refractivity contribution is -0.119. The summed E-state index contributed by atoms with van der Waals surface area (Å²) in [6, 6.07) is 17.0. The summed E-state index contributed by atoms with van der Waals surface area (Å²) in [5.41, 5.74) is 5.41. The largest absolute Gasteiger partial charge is 0.349 e. The molecule has 0 saturated heterocycles. The Hall–Kier alpha value is -1.74. The maximum absolute atomic E-state index is 12.1. The molecule has 0 radical (unpaired) electrons. The highest BCUT2D eigenvalue weighted by Crippen LogP contribution is 2.25. The molecule has 0 bridgehead atoms. The van der Waals surface area contributed by atoms with E-state index in [-0.39, 0.29) is 11.9 Å². The molecule has 0 aromatic heterocycles. The minimum atomic E-state index is 0.0747. The molecule has 23 heavy (non-hydrogen) atoms. The highest BCUT2D eigenvalue weighted by Gasteiger charge is 2.14. The average Bonchev–Trinajstić information content (AvgIpc) is 3.03. The van der Waals surface area contributed by atoms with Crippen molar-refractivity contribution in [3.05, 3.63) is 70.8 Å².